The highest BCUT2D eigenvalue weighted by Crippen LogP contribution is 2.54. The fourth-order valence-electron chi connectivity index (χ4n) is 11.9. The van der Waals surface area contributed by atoms with Gasteiger partial charge in [-0.1, -0.05) is 185 Å². The summed E-state index contributed by atoms with van der Waals surface area (Å²) >= 11 is 0. The molecule has 13 rings (SSSR count). The Hall–Kier alpha value is -8.53. The number of hydrogen-bond acceptors (Lipinski definition) is 1. The number of nitrogens with zero attached hydrogens (tertiary/aromatic N) is 2. The van der Waals surface area contributed by atoms with Crippen molar-refractivity contribution in [2.45, 2.75) is 38.5 Å². The molecular formula is C68H51FN2. The van der Waals surface area contributed by atoms with E-state index in [-0.39, 0.29) is 16.6 Å². The zero-order chi connectivity index (χ0) is 48.0. The minimum atomic E-state index is -0.285. The third kappa shape index (κ3) is 6.83. The molecule has 1 aromatic heterocycles. The lowest BCUT2D eigenvalue weighted by Crippen LogP contribution is -2.18. The Morgan fingerprint density at radius 2 is 0.803 bits per heavy atom. The van der Waals surface area contributed by atoms with E-state index in [2.05, 4.69) is 249 Å². The molecule has 340 valence electrons. The number of anilines is 3. The molecule has 1 heterocycles. The Labute approximate surface area is 415 Å². The largest absolute Gasteiger partial charge is 0.310 e. The number of fused-ring (bicyclic) bond motifs is 7. The first-order valence-corrected chi connectivity index (χ1v) is 24.7. The summed E-state index contributed by atoms with van der Waals surface area (Å²) in [7, 11) is 0. The van der Waals surface area contributed by atoms with Crippen molar-refractivity contribution in [3.05, 3.63) is 265 Å². The molecule has 2 nitrogen and oxygen atoms in total. The topological polar surface area (TPSA) is 8.17 Å². The Bertz CT molecular complexity index is 3850. The molecule has 2 aliphatic carbocycles. The van der Waals surface area contributed by atoms with Crippen molar-refractivity contribution in [2.24, 2.45) is 0 Å². The van der Waals surface area contributed by atoms with E-state index in [1.54, 1.807) is 12.1 Å². The van der Waals surface area contributed by atoms with Crippen molar-refractivity contribution in [3.8, 4) is 72.6 Å². The van der Waals surface area contributed by atoms with Crippen molar-refractivity contribution in [3.63, 3.8) is 0 Å². The molecule has 0 N–H and O–H groups in total. The summed E-state index contributed by atoms with van der Waals surface area (Å²) in [6.07, 6.45) is 0. The highest BCUT2D eigenvalue weighted by atomic mass is 19.1. The van der Waals surface area contributed by atoms with Crippen LogP contribution >= 0.6 is 0 Å². The second kappa shape index (κ2) is 16.3. The van der Waals surface area contributed by atoms with Crippen LogP contribution in [-0.4, -0.2) is 4.57 Å². The first kappa shape index (κ1) is 42.6. The van der Waals surface area contributed by atoms with Crippen molar-refractivity contribution >= 4 is 28.0 Å². The Morgan fingerprint density at radius 3 is 1.44 bits per heavy atom. The maximum Gasteiger partial charge on any atom is 0.123 e. The fraction of sp³-hybridized carbons (Fsp3) is 0.0882. The quantitative estimate of drug-likeness (QED) is 0.147. The van der Waals surface area contributed by atoms with Crippen LogP contribution in [0.25, 0.3) is 83.5 Å². The van der Waals surface area contributed by atoms with Crippen molar-refractivity contribution in [2.75, 3.05) is 4.90 Å². The van der Waals surface area contributed by atoms with Crippen molar-refractivity contribution in [1.82, 2.24) is 4.57 Å². The van der Waals surface area contributed by atoms with Crippen LogP contribution in [0.4, 0.5) is 21.5 Å². The molecule has 0 fully saturated rings. The summed E-state index contributed by atoms with van der Waals surface area (Å²) < 4.78 is 16.7. The molecule has 2 aliphatic rings. The third-order valence-corrected chi connectivity index (χ3v) is 15.5. The first-order chi connectivity index (χ1) is 34.6. The second-order valence-electron chi connectivity index (χ2n) is 20.3. The van der Waals surface area contributed by atoms with Crippen LogP contribution < -0.4 is 4.90 Å². The minimum absolute atomic E-state index is 0.131. The Kier molecular flexibility index (Phi) is 9.76. The molecule has 0 amide bonds. The van der Waals surface area contributed by atoms with Gasteiger partial charge in [-0.2, -0.15) is 0 Å². The van der Waals surface area contributed by atoms with Gasteiger partial charge in [0.2, 0.25) is 0 Å². The highest BCUT2D eigenvalue weighted by molar-refractivity contribution is 6.07. The first-order valence-electron chi connectivity index (χ1n) is 24.7. The smallest absolute Gasteiger partial charge is 0.123 e. The highest BCUT2D eigenvalue weighted by Gasteiger charge is 2.38. The maximum absolute atomic E-state index is 14.4. The van der Waals surface area contributed by atoms with Gasteiger partial charge in [-0.3, -0.25) is 0 Å². The predicted octanol–water partition coefficient (Wildman–Crippen LogP) is 18.5. The van der Waals surface area contributed by atoms with E-state index < -0.39 is 0 Å². The SMILES string of the molecule is CC1(C)c2ccccc2-c2ccc(N(c3ccc(-c4ccccc4)cc3)c3ccc4c(c3)C(C)(C)c3cc(-c5ccc6c(c5)c(-c5ccccc5)c(-c5ccccc5)n6-c5ccc(F)cc5)ccc3-4)cc21. The lowest BCUT2D eigenvalue weighted by Gasteiger charge is -2.30. The molecule has 10 aromatic carbocycles. The van der Waals surface area contributed by atoms with E-state index in [9.17, 15) is 4.39 Å². The van der Waals surface area contributed by atoms with Gasteiger partial charge in [-0.05, 0) is 157 Å². The average Bonchev–Trinajstić information content (AvgIpc) is 3.96. The van der Waals surface area contributed by atoms with Crippen molar-refractivity contribution < 1.29 is 4.39 Å². The molecule has 0 aliphatic heterocycles. The van der Waals surface area contributed by atoms with Gasteiger partial charge in [0.15, 0.2) is 0 Å². The molecule has 3 heteroatoms. The molecule has 71 heavy (non-hydrogen) atoms. The summed E-state index contributed by atoms with van der Waals surface area (Å²) in [5.41, 5.74) is 24.6. The van der Waals surface area contributed by atoms with Crippen LogP contribution in [-0.2, 0) is 10.8 Å². The van der Waals surface area contributed by atoms with E-state index in [4.69, 9.17) is 0 Å². The molecule has 0 bridgehead atoms. The number of rotatable bonds is 8. The van der Waals surface area contributed by atoms with E-state index in [1.165, 1.54) is 61.2 Å². The Morgan fingerprint density at radius 1 is 0.352 bits per heavy atom. The van der Waals surface area contributed by atoms with Gasteiger partial charge < -0.3 is 9.47 Å². The molecule has 0 radical (unpaired) electrons. The minimum Gasteiger partial charge on any atom is -0.310 e. The fourth-order valence-corrected chi connectivity index (χ4v) is 11.9. The molecule has 0 atom stereocenters. The zero-order valence-corrected chi connectivity index (χ0v) is 40.3. The van der Waals surface area contributed by atoms with Gasteiger partial charge in [0, 0.05) is 44.5 Å². The normalized spacial score (nSPS) is 13.6. The van der Waals surface area contributed by atoms with E-state index in [0.29, 0.717) is 0 Å². The van der Waals surface area contributed by atoms with Crippen LogP contribution in [0.5, 0.6) is 0 Å². The Balaban J connectivity index is 0.927. The molecule has 0 saturated carbocycles. The summed E-state index contributed by atoms with van der Waals surface area (Å²) in [6.45, 7) is 9.47. The van der Waals surface area contributed by atoms with Gasteiger partial charge in [-0.25, -0.2) is 4.39 Å². The zero-order valence-electron chi connectivity index (χ0n) is 40.3. The number of halogens is 1. The summed E-state index contributed by atoms with van der Waals surface area (Å²) in [6, 6.07) is 84.7. The van der Waals surface area contributed by atoms with Crippen LogP contribution in [0.15, 0.2) is 237 Å². The number of hydrogen-bond donors (Lipinski definition) is 0. The summed E-state index contributed by atoms with van der Waals surface area (Å²) in [5.74, 6) is -0.254. The molecular weight excluding hydrogens is 864 g/mol. The van der Waals surface area contributed by atoms with Gasteiger partial charge in [-0.15, -0.1) is 0 Å². The van der Waals surface area contributed by atoms with E-state index in [1.807, 2.05) is 12.1 Å². The van der Waals surface area contributed by atoms with Crippen LogP contribution in [0.3, 0.4) is 0 Å². The summed E-state index contributed by atoms with van der Waals surface area (Å²) in [4.78, 5) is 2.44. The lowest BCUT2D eigenvalue weighted by atomic mass is 9.81. The van der Waals surface area contributed by atoms with Crippen LogP contribution in [0, 0.1) is 5.82 Å². The van der Waals surface area contributed by atoms with E-state index in [0.717, 1.165) is 61.6 Å². The standard InChI is InChI=1S/C68H51FN2/c1-67(2)60-23-15-14-22-55(60)57-37-34-53(42-62(57)67)70(51-30-24-45(25-31-51)44-16-8-5-9-17-44)54-35-38-58-56-36-26-49(41-61(56)68(3,4)63(58)43-54)48-27-39-64-59(40-48)65(46-18-10-6-11-19-46)66(47-20-12-7-13-21-47)71(64)52-32-28-50(69)29-33-52/h5-43H,1-4H3. The summed E-state index contributed by atoms with van der Waals surface area (Å²) in [5, 5.41) is 1.14. The lowest BCUT2D eigenvalue weighted by molar-refractivity contribution is 0.627. The maximum atomic E-state index is 14.4. The predicted molar refractivity (Wildman–Crippen MR) is 295 cm³/mol. The van der Waals surface area contributed by atoms with Gasteiger partial charge in [0.1, 0.15) is 5.82 Å². The van der Waals surface area contributed by atoms with Crippen molar-refractivity contribution in [1.29, 1.82) is 0 Å². The average molecular weight is 915 g/mol. The number of aromatic nitrogens is 1. The molecule has 0 saturated heterocycles. The second-order valence-corrected chi connectivity index (χ2v) is 20.3. The van der Waals surface area contributed by atoms with Crippen LogP contribution in [0.2, 0.25) is 0 Å². The molecule has 11 aromatic rings. The number of benzene rings is 10. The van der Waals surface area contributed by atoms with Gasteiger partial charge in [0.25, 0.3) is 0 Å². The monoisotopic (exact) mass is 914 g/mol. The third-order valence-electron chi connectivity index (χ3n) is 15.5. The van der Waals surface area contributed by atoms with E-state index >= 15 is 0 Å². The molecule has 0 unspecified atom stereocenters. The molecule has 0 spiro atoms. The van der Waals surface area contributed by atoms with Gasteiger partial charge in [0.05, 0.1) is 11.2 Å². The van der Waals surface area contributed by atoms with Gasteiger partial charge >= 0.3 is 0 Å². The van der Waals surface area contributed by atoms with Crippen LogP contribution in [0.1, 0.15) is 49.9 Å².